The molecule has 0 saturated heterocycles. The van der Waals surface area contributed by atoms with E-state index in [2.05, 4.69) is 0 Å². The monoisotopic (exact) mass is 266 g/mol. The average molecular weight is 266 g/mol. The molecule has 0 heterocycles. The highest BCUT2D eigenvalue weighted by atomic mass is 19.1. The fourth-order valence-electron chi connectivity index (χ4n) is 1.98. The van der Waals surface area contributed by atoms with Gasteiger partial charge in [0.15, 0.2) is 0 Å². The van der Waals surface area contributed by atoms with Gasteiger partial charge in [-0.25, -0.2) is 4.39 Å². The van der Waals surface area contributed by atoms with Crippen LogP contribution in [0.1, 0.15) is 44.6 Å². The lowest BCUT2D eigenvalue weighted by Crippen LogP contribution is -2.11. The molecule has 0 spiro atoms. The molecule has 4 heteroatoms. The fraction of sp³-hybridized carbons (Fsp3) is 0.467. The summed E-state index contributed by atoms with van der Waals surface area (Å²) in [7, 11) is 0. The van der Waals surface area contributed by atoms with Crippen LogP contribution in [-0.4, -0.2) is 18.4 Å². The molecular weight excluding hydrogens is 247 g/mol. The number of hydrogen-bond acceptors (Lipinski definition) is 3. The second-order valence-electron chi connectivity index (χ2n) is 4.41. The van der Waals surface area contributed by atoms with Crippen molar-refractivity contribution in [2.45, 2.75) is 39.0 Å². The number of hydrogen-bond donors (Lipinski definition) is 0. The van der Waals surface area contributed by atoms with Crippen LogP contribution in [0, 0.1) is 5.82 Å². The maximum Gasteiger partial charge on any atom is 0.305 e. The molecule has 0 amide bonds. The summed E-state index contributed by atoms with van der Waals surface area (Å²) in [4.78, 5) is 22.8. The first-order valence-electron chi connectivity index (χ1n) is 6.46. The normalized spacial score (nSPS) is 11.9. The molecule has 1 aromatic carbocycles. The van der Waals surface area contributed by atoms with Crippen LogP contribution in [0.25, 0.3) is 0 Å². The van der Waals surface area contributed by atoms with Gasteiger partial charge in [-0.1, -0.05) is 12.1 Å². The molecule has 0 aliphatic rings. The number of ketones is 1. The van der Waals surface area contributed by atoms with E-state index in [0.717, 1.165) is 5.56 Å². The standard InChI is InChI=1S/C15H19FO3/c1-3-19-15(18)6-4-5-14(11(2)17)12-7-9-13(16)10-8-12/h7-10,14H,3-6H2,1-2H3. The van der Waals surface area contributed by atoms with E-state index >= 15 is 0 Å². The fourth-order valence-corrected chi connectivity index (χ4v) is 1.98. The lowest BCUT2D eigenvalue weighted by atomic mass is 9.90. The molecule has 3 nitrogen and oxygen atoms in total. The van der Waals surface area contributed by atoms with E-state index in [1.165, 1.54) is 19.1 Å². The highest BCUT2D eigenvalue weighted by molar-refractivity contribution is 5.83. The molecule has 0 bridgehead atoms. The van der Waals surface area contributed by atoms with Gasteiger partial charge in [0.25, 0.3) is 0 Å². The zero-order chi connectivity index (χ0) is 14.3. The van der Waals surface area contributed by atoms with Gasteiger partial charge in [-0.15, -0.1) is 0 Å². The van der Waals surface area contributed by atoms with Gasteiger partial charge in [-0.2, -0.15) is 0 Å². The summed E-state index contributed by atoms with van der Waals surface area (Å²) in [5.41, 5.74) is 0.790. The van der Waals surface area contributed by atoms with E-state index in [1.807, 2.05) is 0 Å². The van der Waals surface area contributed by atoms with Gasteiger partial charge < -0.3 is 4.74 Å². The Labute approximate surface area is 112 Å². The molecule has 0 fully saturated rings. The van der Waals surface area contributed by atoms with Gasteiger partial charge in [0.2, 0.25) is 0 Å². The number of Topliss-reactive ketones (excluding diaryl/α,β-unsaturated/α-hetero) is 1. The van der Waals surface area contributed by atoms with Crippen LogP contribution >= 0.6 is 0 Å². The van der Waals surface area contributed by atoms with Gasteiger partial charge in [-0.3, -0.25) is 9.59 Å². The SMILES string of the molecule is CCOC(=O)CCCC(C(C)=O)c1ccc(F)cc1. The molecule has 19 heavy (non-hydrogen) atoms. The van der Waals surface area contributed by atoms with Gasteiger partial charge in [-0.05, 0) is 44.4 Å². The molecule has 0 radical (unpaired) electrons. The second-order valence-corrected chi connectivity index (χ2v) is 4.41. The molecule has 1 rings (SSSR count). The molecule has 0 saturated carbocycles. The van der Waals surface area contributed by atoms with Crippen molar-refractivity contribution in [1.29, 1.82) is 0 Å². The van der Waals surface area contributed by atoms with Crippen molar-refractivity contribution in [2.75, 3.05) is 6.61 Å². The van der Waals surface area contributed by atoms with E-state index in [1.54, 1.807) is 19.1 Å². The van der Waals surface area contributed by atoms with Crippen LogP contribution < -0.4 is 0 Å². The summed E-state index contributed by atoms with van der Waals surface area (Å²) in [5, 5.41) is 0. The number of rotatable bonds is 7. The highest BCUT2D eigenvalue weighted by Gasteiger charge is 2.17. The Morgan fingerprint density at radius 3 is 2.42 bits per heavy atom. The first kappa shape index (κ1) is 15.3. The molecule has 0 N–H and O–H groups in total. The van der Waals surface area contributed by atoms with Crippen LogP contribution in [-0.2, 0) is 14.3 Å². The quantitative estimate of drug-likeness (QED) is 0.712. The van der Waals surface area contributed by atoms with Crippen molar-refractivity contribution < 1.29 is 18.7 Å². The summed E-state index contributed by atoms with van der Waals surface area (Å²) in [6.07, 6.45) is 1.46. The van der Waals surface area contributed by atoms with Gasteiger partial charge in [0, 0.05) is 12.3 Å². The zero-order valence-electron chi connectivity index (χ0n) is 11.3. The molecule has 0 aliphatic carbocycles. The lowest BCUT2D eigenvalue weighted by molar-refractivity contribution is -0.143. The van der Waals surface area contributed by atoms with Crippen molar-refractivity contribution in [3.63, 3.8) is 0 Å². The van der Waals surface area contributed by atoms with E-state index in [4.69, 9.17) is 4.74 Å². The van der Waals surface area contributed by atoms with Crippen molar-refractivity contribution in [3.05, 3.63) is 35.6 Å². The van der Waals surface area contributed by atoms with Gasteiger partial charge in [0.1, 0.15) is 11.6 Å². The van der Waals surface area contributed by atoms with Crippen molar-refractivity contribution >= 4 is 11.8 Å². The van der Waals surface area contributed by atoms with Crippen LogP contribution in [0.2, 0.25) is 0 Å². The molecule has 1 aromatic rings. The molecule has 1 unspecified atom stereocenters. The minimum atomic E-state index is -0.322. The zero-order valence-corrected chi connectivity index (χ0v) is 11.3. The lowest BCUT2D eigenvalue weighted by Gasteiger charge is -2.13. The third-order valence-corrected chi connectivity index (χ3v) is 2.94. The molecule has 0 aliphatic heterocycles. The van der Waals surface area contributed by atoms with Gasteiger partial charge >= 0.3 is 5.97 Å². The highest BCUT2D eigenvalue weighted by Crippen LogP contribution is 2.23. The summed E-state index contributed by atoms with van der Waals surface area (Å²) >= 11 is 0. The van der Waals surface area contributed by atoms with Crippen LogP contribution in [0.4, 0.5) is 4.39 Å². The third kappa shape index (κ3) is 5.20. The summed E-state index contributed by atoms with van der Waals surface area (Å²) in [5.74, 6) is -0.827. The third-order valence-electron chi connectivity index (χ3n) is 2.94. The van der Waals surface area contributed by atoms with Crippen LogP contribution in [0.5, 0.6) is 0 Å². The Bertz CT molecular complexity index is 426. The maximum atomic E-state index is 12.8. The first-order valence-corrected chi connectivity index (χ1v) is 6.46. The van der Waals surface area contributed by atoms with Crippen LogP contribution in [0.3, 0.4) is 0 Å². The first-order chi connectivity index (χ1) is 9.04. The molecule has 104 valence electrons. The maximum absolute atomic E-state index is 12.8. The summed E-state index contributed by atoms with van der Waals surface area (Å²) < 4.78 is 17.7. The summed E-state index contributed by atoms with van der Waals surface area (Å²) in [6, 6.07) is 5.92. The average Bonchev–Trinajstić information content (AvgIpc) is 2.36. The summed E-state index contributed by atoms with van der Waals surface area (Å²) in [6.45, 7) is 3.64. The van der Waals surface area contributed by atoms with Crippen LogP contribution in [0.15, 0.2) is 24.3 Å². The molecule has 0 aromatic heterocycles. The van der Waals surface area contributed by atoms with Crippen molar-refractivity contribution in [1.82, 2.24) is 0 Å². The number of carbonyl (C=O) groups is 2. The smallest absolute Gasteiger partial charge is 0.305 e. The minimum Gasteiger partial charge on any atom is -0.466 e. The number of halogens is 1. The largest absolute Gasteiger partial charge is 0.466 e. The predicted molar refractivity (Wildman–Crippen MR) is 70.3 cm³/mol. The molecular formula is C15H19FO3. The number of ether oxygens (including phenoxy) is 1. The Morgan fingerprint density at radius 1 is 1.26 bits per heavy atom. The predicted octanol–water partition coefficient (Wildman–Crippen LogP) is 3.23. The Morgan fingerprint density at radius 2 is 1.89 bits per heavy atom. The number of benzene rings is 1. The molecule has 1 atom stereocenters. The Hall–Kier alpha value is -1.71. The topological polar surface area (TPSA) is 43.4 Å². The van der Waals surface area contributed by atoms with Gasteiger partial charge in [0.05, 0.1) is 6.61 Å². The van der Waals surface area contributed by atoms with E-state index in [9.17, 15) is 14.0 Å². The van der Waals surface area contributed by atoms with E-state index < -0.39 is 0 Å². The Kier molecular flexibility index (Phi) is 6.19. The van der Waals surface area contributed by atoms with Crippen molar-refractivity contribution in [2.24, 2.45) is 0 Å². The number of carbonyl (C=O) groups excluding carboxylic acids is 2. The van der Waals surface area contributed by atoms with E-state index in [0.29, 0.717) is 25.9 Å². The minimum absolute atomic E-state index is 0.0236. The second kappa shape index (κ2) is 7.67. The van der Waals surface area contributed by atoms with E-state index in [-0.39, 0.29) is 23.5 Å². The van der Waals surface area contributed by atoms with Crippen molar-refractivity contribution in [3.8, 4) is 0 Å². The Balaban J connectivity index is 2.57. The number of esters is 1.